The van der Waals surface area contributed by atoms with E-state index in [0.717, 1.165) is 5.69 Å². The second-order valence-electron chi connectivity index (χ2n) is 6.18. The molecule has 7 nitrogen and oxygen atoms in total. The molecule has 0 spiro atoms. The maximum Gasteiger partial charge on any atom is 0.233 e. The molecule has 0 aliphatic heterocycles. The molecule has 2 aromatic rings. The predicted octanol–water partition coefficient (Wildman–Crippen LogP) is 2.51. The van der Waals surface area contributed by atoms with Gasteiger partial charge >= 0.3 is 0 Å². The number of carbonyl (C=O) groups is 1. The summed E-state index contributed by atoms with van der Waals surface area (Å²) in [4.78, 5) is 13.1. The van der Waals surface area contributed by atoms with E-state index in [1.165, 1.54) is 12.1 Å². The van der Waals surface area contributed by atoms with E-state index in [1.54, 1.807) is 30.3 Å². The van der Waals surface area contributed by atoms with Crippen LogP contribution in [0.1, 0.15) is 18.5 Å². The van der Waals surface area contributed by atoms with E-state index >= 15 is 0 Å². The Morgan fingerprint density at radius 1 is 1.15 bits per heavy atom. The van der Waals surface area contributed by atoms with E-state index in [2.05, 4.69) is 0 Å². The molecule has 0 heterocycles. The van der Waals surface area contributed by atoms with Crippen LogP contribution >= 0.6 is 0 Å². The van der Waals surface area contributed by atoms with Gasteiger partial charge in [-0.2, -0.15) is 0 Å². The molecule has 0 radical (unpaired) electrons. The second-order valence-corrected chi connectivity index (χ2v) is 8.21. The monoisotopic (exact) mass is 392 g/mol. The number of amides is 1. The predicted molar refractivity (Wildman–Crippen MR) is 103 cm³/mol. The number of hydrogen-bond donors (Lipinski definition) is 1. The van der Waals surface area contributed by atoms with Gasteiger partial charge in [0.2, 0.25) is 6.41 Å². The van der Waals surface area contributed by atoms with Crippen LogP contribution in [0, 0.1) is 0 Å². The molecule has 0 aliphatic carbocycles. The van der Waals surface area contributed by atoms with Crippen molar-refractivity contribution < 1.29 is 23.2 Å². The summed E-state index contributed by atoms with van der Waals surface area (Å²) in [6.07, 6.45) is 0.209. The first-order valence-electron chi connectivity index (χ1n) is 8.44. The molecule has 0 aliphatic rings. The summed E-state index contributed by atoms with van der Waals surface area (Å²) >= 11 is 0. The lowest BCUT2D eigenvalue weighted by molar-refractivity contribution is -0.158. The van der Waals surface area contributed by atoms with Crippen LogP contribution in [0.5, 0.6) is 5.75 Å². The SMILES string of the molecule is CCOc1ccc(S(=O)(=O)CC(c2cccc(N(C)C)c2)N(O)C=O)cc1. The average Bonchev–Trinajstić information content (AvgIpc) is 2.66. The van der Waals surface area contributed by atoms with Gasteiger partial charge in [-0.25, -0.2) is 13.5 Å². The fourth-order valence-corrected chi connectivity index (χ4v) is 4.13. The number of benzene rings is 2. The normalized spacial score (nSPS) is 12.3. The highest BCUT2D eigenvalue weighted by molar-refractivity contribution is 7.91. The largest absolute Gasteiger partial charge is 0.494 e. The van der Waals surface area contributed by atoms with Crippen molar-refractivity contribution in [1.29, 1.82) is 0 Å². The van der Waals surface area contributed by atoms with Crippen molar-refractivity contribution in [3.63, 3.8) is 0 Å². The minimum absolute atomic E-state index is 0.0963. The highest BCUT2D eigenvalue weighted by Crippen LogP contribution is 2.27. The molecule has 27 heavy (non-hydrogen) atoms. The molecule has 0 bridgehead atoms. The molecule has 1 N–H and O–H groups in total. The van der Waals surface area contributed by atoms with E-state index in [-0.39, 0.29) is 11.3 Å². The van der Waals surface area contributed by atoms with Gasteiger partial charge in [-0.1, -0.05) is 12.1 Å². The highest BCUT2D eigenvalue weighted by atomic mass is 32.2. The number of hydroxylamine groups is 2. The van der Waals surface area contributed by atoms with Crippen LogP contribution in [0.4, 0.5) is 5.69 Å². The summed E-state index contributed by atoms with van der Waals surface area (Å²) in [6, 6.07) is 12.1. The summed E-state index contributed by atoms with van der Waals surface area (Å²) in [5.41, 5.74) is 1.35. The van der Waals surface area contributed by atoms with E-state index in [0.29, 0.717) is 23.0 Å². The first-order valence-corrected chi connectivity index (χ1v) is 10.1. The number of sulfone groups is 1. The molecule has 2 aromatic carbocycles. The summed E-state index contributed by atoms with van der Waals surface area (Å²) < 4.78 is 31.0. The number of ether oxygens (including phenoxy) is 1. The minimum Gasteiger partial charge on any atom is -0.494 e. The maximum atomic E-state index is 12.8. The lowest BCUT2D eigenvalue weighted by atomic mass is 10.1. The van der Waals surface area contributed by atoms with Crippen molar-refractivity contribution >= 4 is 21.9 Å². The Hall–Kier alpha value is -2.58. The zero-order chi connectivity index (χ0) is 20.0. The molecular weight excluding hydrogens is 368 g/mol. The summed E-state index contributed by atoms with van der Waals surface area (Å²) in [6.45, 7) is 2.32. The average molecular weight is 392 g/mol. The number of nitrogens with zero attached hydrogens (tertiary/aromatic N) is 2. The van der Waals surface area contributed by atoms with E-state index in [1.807, 2.05) is 32.0 Å². The Bertz CT molecular complexity index is 866. The smallest absolute Gasteiger partial charge is 0.233 e. The Labute approximate surface area is 159 Å². The van der Waals surface area contributed by atoms with Crippen LogP contribution in [0.2, 0.25) is 0 Å². The van der Waals surface area contributed by atoms with Gasteiger partial charge in [0.15, 0.2) is 9.84 Å². The molecule has 1 atom stereocenters. The van der Waals surface area contributed by atoms with Gasteiger partial charge < -0.3 is 9.64 Å². The van der Waals surface area contributed by atoms with Crippen LogP contribution in [0.15, 0.2) is 53.4 Å². The van der Waals surface area contributed by atoms with Crippen molar-refractivity contribution in [2.45, 2.75) is 17.9 Å². The molecule has 1 amide bonds. The molecule has 0 saturated heterocycles. The van der Waals surface area contributed by atoms with Crippen LogP contribution in [0.25, 0.3) is 0 Å². The standard InChI is InChI=1S/C19H24N2O5S/c1-4-26-17-8-10-18(11-9-17)27(24,25)13-19(21(23)14-22)15-6-5-7-16(12-15)20(2)3/h5-12,14,19,23H,4,13H2,1-3H3. The van der Waals surface area contributed by atoms with E-state index in [4.69, 9.17) is 4.74 Å². The van der Waals surface area contributed by atoms with Crippen LogP contribution in [-0.4, -0.2) is 51.6 Å². The van der Waals surface area contributed by atoms with Crippen LogP contribution in [-0.2, 0) is 14.6 Å². The molecule has 0 fully saturated rings. The minimum atomic E-state index is -3.76. The van der Waals surface area contributed by atoms with Gasteiger partial charge in [-0.05, 0) is 48.9 Å². The fraction of sp³-hybridized carbons (Fsp3) is 0.316. The molecular formula is C19H24N2O5S. The lowest BCUT2D eigenvalue weighted by Crippen LogP contribution is -2.30. The molecule has 146 valence electrons. The topological polar surface area (TPSA) is 87.2 Å². The second kappa shape index (κ2) is 8.88. The molecule has 8 heteroatoms. The van der Waals surface area contributed by atoms with Gasteiger partial charge in [-0.3, -0.25) is 10.0 Å². The number of rotatable bonds is 9. The molecule has 0 saturated carbocycles. The van der Waals surface area contributed by atoms with Gasteiger partial charge in [-0.15, -0.1) is 0 Å². The molecule has 2 rings (SSSR count). The first kappa shape index (κ1) is 20.7. The van der Waals surface area contributed by atoms with Crippen molar-refractivity contribution in [3.8, 4) is 5.75 Å². The number of hydrogen-bond acceptors (Lipinski definition) is 6. The fourth-order valence-electron chi connectivity index (χ4n) is 2.62. The lowest BCUT2D eigenvalue weighted by Gasteiger charge is -2.24. The van der Waals surface area contributed by atoms with Crippen molar-refractivity contribution in [2.75, 3.05) is 31.4 Å². The third-order valence-electron chi connectivity index (χ3n) is 4.07. The van der Waals surface area contributed by atoms with Crippen molar-refractivity contribution in [2.24, 2.45) is 0 Å². The Kier molecular flexibility index (Phi) is 6.81. The maximum absolute atomic E-state index is 12.8. The van der Waals surface area contributed by atoms with E-state index in [9.17, 15) is 18.4 Å². The zero-order valence-electron chi connectivity index (χ0n) is 15.6. The Morgan fingerprint density at radius 3 is 2.37 bits per heavy atom. The van der Waals surface area contributed by atoms with Gasteiger partial charge in [0.25, 0.3) is 0 Å². The summed E-state index contributed by atoms with van der Waals surface area (Å²) in [5.74, 6) is 0.121. The third-order valence-corrected chi connectivity index (χ3v) is 5.81. The Balaban J connectivity index is 2.34. The van der Waals surface area contributed by atoms with Gasteiger partial charge in [0.05, 0.1) is 23.3 Å². The van der Waals surface area contributed by atoms with Gasteiger partial charge in [0, 0.05) is 19.8 Å². The zero-order valence-corrected chi connectivity index (χ0v) is 16.4. The quantitative estimate of drug-likeness (QED) is 0.401. The summed E-state index contributed by atoms with van der Waals surface area (Å²) in [5, 5.41) is 10.4. The van der Waals surface area contributed by atoms with Crippen molar-refractivity contribution in [1.82, 2.24) is 5.06 Å². The summed E-state index contributed by atoms with van der Waals surface area (Å²) in [7, 11) is -0.0604. The third kappa shape index (κ3) is 5.21. The Morgan fingerprint density at radius 2 is 1.81 bits per heavy atom. The van der Waals surface area contributed by atoms with Gasteiger partial charge in [0.1, 0.15) is 5.75 Å². The van der Waals surface area contributed by atoms with Crippen molar-refractivity contribution in [3.05, 3.63) is 54.1 Å². The van der Waals surface area contributed by atoms with E-state index < -0.39 is 21.6 Å². The number of anilines is 1. The number of carbonyl (C=O) groups excluding carboxylic acids is 1. The molecule has 1 unspecified atom stereocenters. The molecule has 0 aromatic heterocycles. The highest BCUT2D eigenvalue weighted by Gasteiger charge is 2.27. The van der Waals surface area contributed by atoms with Crippen LogP contribution < -0.4 is 9.64 Å². The first-order chi connectivity index (χ1) is 12.8. The van der Waals surface area contributed by atoms with Crippen LogP contribution in [0.3, 0.4) is 0 Å².